The fourth-order valence-electron chi connectivity index (χ4n) is 0.614. The van der Waals surface area contributed by atoms with Crippen molar-refractivity contribution in [1.29, 1.82) is 5.41 Å². The number of rotatable bonds is 5. The minimum absolute atomic E-state index is 0.0589. The molecule has 0 radical (unpaired) electrons. The highest BCUT2D eigenvalue weighted by Gasteiger charge is 2.00. The van der Waals surface area contributed by atoms with Crippen molar-refractivity contribution in [2.24, 2.45) is 0 Å². The molecule has 0 unspecified atom stereocenters. The fourth-order valence-corrected chi connectivity index (χ4v) is 0.614. The van der Waals surface area contributed by atoms with Crippen molar-refractivity contribution in [1.82, 2.24) is 5.32 Å². The van der Waals surface area contributed by atoms with Crippen LogP contribution in [0.25, 0.3) is 0 Å². The molecule has 0 spiro atoms. The van der Waals surface area contributed by atoms with Crippen LogP contribution in [-0.4, -0.2) is 23.2 Å². The normalized spacial score (nSPS) is 11.4. The first-order chi connectivity index (χ1) is 6.61. The second-order valence-electron chi connectivity index (χ2n) is 2.35. The number of hydrogen-bond donors (Lipinski definition) is 3. The highest BCUT2D eigenvalue weighted by atomic mass is 16.4. The van der Waals surface area contributed by atoms with Gasteiger partial charge in [-0.15, -0.1) is 0 Å². The second kappa shape index (κ2) is 6.59. The summed E-state index contributed by atoms with van der Waals surface area (Å²) in [6.07, 6.45) is 4.80. The number of allylic oxidation sites excluding steroid dienone is 1. The van der Waals surface area contributed by atoms with Crippen LogP contribution in [0.2, 0.25) is 0 Å². The molecule has 0 aliphatic heterocycles. The van der Waals surface area contributed by atoms with Gasteiger partial charge in [0.25, 0.3) is 0 Å². The molecule has 1 amide bonds. The molecule has 76 valence electrons. The predicted molar refractivity (Wildman–Crippen MR) is 52.1 cm³/mol. The Morgan fingerprint density at radius 2 is 2.14 bits per heavy atom. The quantitative estimate of drug-likeness (QED) is 0.343. The number of carboxylic acid groups (broad SMARTS) is 1. The lowest BCUT2D eigenvalue weighted by molar-refractivity contribution is -0.132. The van der Waals surface area contributed by atoms with E-state index in [0.29, 0.717) is 6.42 Å². The van der Waals surface area contributed by atoms with Crippen molar-refractivity contribution >= 4 is 18.1 Å². The Morgan fingerprint density at radius 1 is 1.50 bits per heavy atom. The van der Waals surface area contributed by atoms with Crippen molar-refractivity contribution in [2.75, 3.05) is 0 Å². The van der Waals surface area contributed by atoms with E-state index in [0.717, 1.165) is 12.3 Å². The topological polar surface area (TPSA) is 90.3 Å². The lowest BCUT2D eigenvalue weighted by Crippen LogP contribution is -2.15. The Morgan fingerprint density at radius 3 is 2.57 bits per heavy atom. The van der Waals surface area contributed by atoms with Crippen molar-refractivity contribution < 1.29 is 14.7 Å². The summed E-state index contributed by atoms with van der Waals surface area (Å²) in [5, 5.41) is 17.7. The summed E-state index contributed by atoms with van der Waals surface area (Å²) in [6.45, 7) is 1.69. The first-order valence-electron chi connectivity index (χ1n) is 4.01. The standard InChI is InChI=1S/C9H12N2O3/c1-2-8(12)11-6-4-7(3-5-10)9(13)14/h3-6,10H,2H2,1H3,(H,11,12)(H,13,14)/b6-4+,7-3+,10-5?. The first-order valence-corrected chi connectivity index (χ1v) is 4.01. The van der Waals surface area contributed by atoms with Gasteiger partial charge in [-0.2, -0.15) is 0 Å². The molecule has 14 heavy (non-hydrogen) atoms. The van der Waals surface area contributed by atoms with E-state index < -0.39 is 5.97 Å². The van der Waals surface area contributed by atoms with Crippen LogP contribution >= 0.6 is 0 Å². The Hall–Kier alpha value is -1.91. The Kier molecular flexibility index (Phi) is 5.69. The summed E-state index contributed by atoms with van der Waals surface area (Å²) in [7, 11) is 0. The molecule has 0 rings (SSSR count). The molecule has 5 heteroatoms. The van der Waals surface area contributed by atoms with Crippen LogP contribution in [0, 0.1) is 5.41 Å². The monoisotopic (exact) mass is 196 g/mol. The lowest BCUT2D eigenvalue weighted by atomic mass is 10.2. The summed E-state index contributed by atoms with van der Waals surface area (Å²) >= 11 is 0. The maximum atomic E-state index is 10.7. The minimum atomic E-state index is -1.14. The number of carboxylic acids is 1. The van der Waals surface area contributed by atoms with Gasteiger partial charge in [0.2, 0.25) is 5.91 Å². The number of aliphatic carboxylic acids is 1. The molecule has 0 aromatic rings. The summed E-state index contributed by atoms with van der Waals surface area (Å²) in [6, 6.07) is 0. The maximum Gasteiger partial charge on any atom is 0.335 e. The SMILES string of the molecule is CCC(=O)N/C=C/C(=C\C=N)C(=O)O. The van der Waals surface area contributed by atoms with Crippen LogP contribution < -0.4 is 5.32 Å². The number of nitrogens with one attached hydrogen (secondary N) is 2. The molecular weight excluding hydrogens is 184 g/mol. The van der Waals surface area contributed by atoms with E-state index in [9.17, 15) is 9.59 Å². The summed E-state index contributed by atoms with van der Waals surface area (Å²) in [5.74, 6) is -1.34. The Balaban J connectivity index is 4.31. The third kappa shape index (κ3) is 4.87. The molecule has 0 aromatic carbocycles. The molecule has 0 aromatic heterocycles. The van der Waals surface area contributed by atoms with E-state index in [2.05, 4.69) is 5.32 Å². The van der Waals surface area contributed by atoms with Crippen molar-refractivity contribution in [3.8, 4) is 0 Å². The molecule has 0 fully saturated rings. The van der Waals surface area contributed by atoms with Crippen LogP contribution in [0.4, 0.5) is 0 Å². The molecule has 0 heterocycles. The third-order valence-electron chi connectivity index (χ3n) is 1.34. The molecule has 0 bridgehead atoms. The molecule has 0 aliphatic rings. The zero-order valence-corrected chi connectivity index (χ0v) is 7.78. The van der Waals surface area contributed by atoms with E-state index in [-0.39, 0.29) is 11.5 Å². The highest BCUT2D eigenvalue weighted by molar-refractivity contribution is 5.94. The molecule has 0 atom stereocenters. The van der Waals surface area contributed by atoms with Gasteiger partial charge in [0, 0.05) is 18.8 Å². The van der Waals surface area contributed by atoms with Gasteiger partial charge in [-0.3, -0.25) is 4.79 Å². The molecule has 0 aliphatic carbocycles. The van der Waals surface area contributed by atoms with Gasteiger partial charge >= 0.3 is 5.97 Å². The van der Waals surface area contributed by atoms with Gasteiger partial charge in [-0.25, -0.2) is 4.79 Å². The third-order valence-corrected chi connectivity index (χ3v) is 1.34. The average Bonchev–Trinajstić information content (AvgIpc) is 2.16. The number of hydrogen-bond acceptors (Lipinski definition) is 3. The second-order valence-corrected chi connectivity index (χ2v) is 2.35. The van der Waals surface area contributed by atoms with E-state index in [4.69, 9.17) is 10.5 Å². The Bertz CT molecular complexity index is 292. The zero-order valence-electron chi connectivity index (χ0n) is 7.78. The van der Waals surface area contributed by atoms with Crippen LogP contribution in [0.1, 0.15) is 13.3 Å². The molecular formula is C9H12N2O3. The van der Waals surface area contributed by atoms with Gasteiger partial charge < -0.3 is 15.8 Å². The predicted octanol–water partition coefficient (Wildman–Crippen LogP) is 0.687. The molecule has 3 N–H and O–H groups in total. The zero-order chi connectivity index (χ0) is 11.0. The Labute approximate surface area is 81.6 Å². The van der Waals surface area contributed by atoms with Gasteiger partial charge in [0.05, 0.1) is 5.57 Å². The van der Waals surface area contributed by atoms with Crippen molar-refractivity contribution in [3.63, 3.8) is 0 Å². The van der Waals surface area contributed by atoms with E-state index in [1.54, 1.807) is 6.92 Å². The average molecular weight is 196 g/mol. The molecule has 0 saturated heterocycles. The summed E-state index contributed by atoms with van der Waals surface area (Å²) in [5.41, 5.74) is -0.0589. The molecule has 5 nitrogen and oxygen atoms in total. The fraction of sp³-hybridized carbons (Fsp3) is 0.222. The summed E-state index contributed by atoms with van der Waals surface area (Å²) in [4.78, 5) is 21.2. The molecule has 0 saturated carbocycles. The number of carbonyl (C=O) groups excluding carboxylic acids is 1. The maximum absolute atomic E-state index is 10.7. The largest absolute Gasteiger partial charge is 0.478 e. The van der Waals surface area contributed by atoms with Gasteiger partial charge in [0.1, 0.15) is 0 Å². The van der Waals surface area contributed by atoms with Gasteiger partial charge in [0.15, 0.2) is 0 Å². The number of amides is 1. The van der Waals surface area contributed by atoms with Crippen molar-refractivity contribution in [3.05, 3.63) is 23.9 Å². The van der Waals surface area contributed by atoms with Crippen LogP contribution in [0.5, 0.6) is 0 Å². The summed E-state index contributed by atoms with van der Waals surface area (Å²) < 4.78 is 0. The van der Waals surface area contributed by atoms with Crippen LogP contribution in [-0.2, 0) is 9.59 Å². The first kappa shape index (κ1) is 12.1. The van der Waals surface area contributed by atoms with E-state index in [1.807, 2.05) is 0 Å². The van der Waals surface area contributed by atoms with Crippen molar-refractivity contribution in [2.45, 2.75) is 13.3 Å². The van der Waals surface area contributed by atoms with Gasteiger partial charge in [-0.1, -0.05) is 6.92 Å². The smallest absolute Gasteiger partial charge is 0.335 e. The minimum Gasteiger partial charge on any atom is -0.478 e. The number of carbonyl (C=O) groups is 2. The highest BCUT2D eigenvalue weighted by Crippen LogP contribution is 1.94. The van der Waals surface area contributed by atoms with Crippen LogP contribution in [0.3, 0.4) is 0 Å². The van der Waals surface area contributed by atoms with E-state index >= 15 is 0 Å². The van der Waals surface area contributed by atoms with Crippen LogP contribution in [0.15, 0.2) is 23.9 Å². The van der Waals surface area contributed by atoms with Gasteiger partial charge in [-0.05, 0) is 12.2 Å². The lowest BCUT2D eigenvalue weighted by Gasteiger charge is -1.95. The van der Waals surface area contributed by atoms with E-state index in [1.165, 1.54) is 12.3 Å².